The Morgan fingerprint density at radius 3 is 2.86 bits per heavy atom. The van der Waals surface area contributed by atoms with Crippen LogP contribution in [0.3, 0.4) is 0 Å². The molecule has 0 aliphatic carbocycles. The topological polar surface area (TPSA) is 84.5 Å². The molecular weight excluding hydrogens is 316 g/mol. The molecule has 0 saturated carbocycles. The summed E-state index contributed by atoms with van der Waals surface area (Å²) in [6, 6.07) is 5.99. The number of nitrogens with one attached hydrogen (secondary N) is 2. The zero-order chi connectivity index (χ0) is 14.6. The van der Waals surface area contributed by atoms with Gasteiger partial charge in [0.15, 0.2) is 0 Å². The van der Waals surface area contributed by atoms with Crippen molar-refractivity contribution >= 4 is 28.4 Å². The lowest BCUT2D eigenvalue weighted by molar-refractivity contribution is 0.0600. The van der Waals surface area contributed by atoms with Gasteiger partial charge in [0.1, 0.15) is 0 Å². The SMILES string of the molecule is COC(=O)c1cccc(S(=O)(=O)NCC2CCCN2)c1.Cl. The van der Waals surface area contributed by atoms with Crippen molar-refractivity contribution in [1.29, 1.82) is 0 Å². The summed E-state index contributed by atoms with van der Waals surface area (Å²) in [5.41, 5.74) is 0.217. The first-order valence-corrected chi connectivity index (χ1v) is 7.92. The third kappa shape index (κ3) is 4.67. The molecule has 1 atom stereocenters. The molecule has 21 heavy (non-hydrogen) atoms. The van der Waals surface area contributed by atoms with Crippen molar-refractivity contribution in [1.82, 2.24) is 10.0 Å². The van der Waals surface area contributed by atoms with Crippen LogP contribution in [0.1, 0.15) is 23.2 Å². The summed E-state index contributed by atoms with van der Waals surface area (Å²) in [6.45, 7) is 1.27. The molecule has 1 fully saturated rings. The number of esters is 1. The first-order valence-electron chi connectivity index (χ1n) is 6.44. The molecule has 1 aromatic rings. The lowest BCUT2D eigenvalue weighted by Gasteiger charge is -2.12. The maximum atomic E-state index is 12.2. The Kier molecular flexibility index (Phi) is 6.60. The molecule has 1 saturated heterocycles. The zero-order valence-electron chi connectivity index (χ0n) is 11.7. The minimum Gasteiger partial charge on any atom is -0.465 e. The Morgan fingerprint density at radius 2 is 2.24 bits per heavy atom. The van der Waals surface area contributed by atoms with Crippen LogP contribution in [-0.2, 0) is 14.8 Å². The highest BCUT2D eigenvalue weighted by atomic mass is 35.5. The van der Waals surface area contributed by atoms with Crippen LogP contribution in [-0.4, -0.2) is 40.6 Å². The van der Waals surface area contributed by atoms with E-state index in [0.717, 1.165) is 19.4 Å². The molecule has 1 unspecified atom stereocenters. The molecule has 2 N–H and O–H groups in total. The second-order valence-electron chi connectivity index (χ2n) is 4.66. The van der Waals surface area contributed by atoms with Gasteiger partial charge in [0.2, 0.25) is 10.0 Å². The molecule has 1 heterocycles. The largest absolute Gasteiger partial charge is 0.465 e. The lowest BCUT2D eigenvalue weighted by atomic mass is 10.2. The average molecular weight is 335 g/mol. The Balaban J connectivity index is 0.00000220. The number of sulfonamides is 1. The highest BCUT2D eigenvalue weighted by molar-refractivity contribution is 7.89. The Hall–Kier alpha value is -1.15. The quantitative estimate of drug-likeness (QED) is 0.782. The molecule has 1 aliphatic heterocycles. The van der Waals surface area contributed by atoms with E-state index in [0.29, 0.717) is 6.54 Å². The number of hydrogen-bond donors (Lipinski definition) is 2. The van der Waals surface area contributed by atoms with Crippen molar-refractivity contribution in [2.45, 2.75) is 23.8 Å². The molecule has 0 spiro atoms. The highest BCUT2D eigenvalue weighted by Crippen LogP contribution is 2.13. The van der Waals surface area contributed by atoms with Gasteiger partial charge in [-0.15, -0.1) is 12.4 Å². The molecule has 6 nitrogen and oxygen atoms in total. The van der Waals surface area contributed by atoms with E-state index in [1.165, 1.54) is 31.4 Å². The third-order valence-corrected chi connectivity index (χ3v) is 4.67. The van der Waals surface area contributed by atoms with Crippen molar-refractivity contribution in [3.63, 3.8) is 0 Å². The van der Waals surface area contributed by atoms with E-state index in [1.54, 1.807) is 0 Å². The van der Waals surface area contributed by atoms with E-state index >= 15 is 0 Å². The fraction of sp³-hybridized carbons (Fsp3) is 0.462. The van der Waals surface area contributed by atoms with Crippen LogP contribution in [0.5, 0.6) is 0 Å². The van der Waals surface area contributed by atoms with Crippen molar-refractivity contribution in [3.05, 3.63) is 29.8 Å². The summed E-state index contributed by atoms with van der Waals surface area (Å²) < 4.78 is 31.5. The lowest BCUT2D eigenvalue weighted by Crippen LogP contribution is -2.37. The first kappa shape index (κ1) is 17.9. The zero-order valence-corrected chi connectivity index (χ0v) is 13.3. The standard InChI is InChI=1S/C13H18N2O4S.ClH/c1-19-13(16)10-4-2-6-12(8-10)20(17,18)15-9-11-5-3-7-14-11;/h2,4,6,8,11,14-15H,3,5,7,9H2,1H3;1H. The number of halogens is 1. The average Bonchev–Trinajstić information content (AvgIpc) is 2.98. The summed E-state index contributed by atoms with van der Waals surface area (Å²) in [4.78, 5) is 11.5. The van der Waals surface area contributed by atoms with Crippen molar-refractivity contribution < 1.29 is 17.9 Å². The number of rotatable bonds is 5. The molecule has 0 bridgehead atoms. The van der Waals surface area contributed by atoms with E-state index in [4.69, 9.17) is 0 Å². The molecule has 0 aromatic heterocycles. The van der Waals surface area contributed by atoms with Crippen LogP contribution in [0.15, 0.2) is 29.2 Å². The monoisotopic (exact) mass is 334 g/mol. The fourth-order valence-corrected chi connectivity index (χ4v) is 3.26. The van der Waals surface area contributed by atoms with Gasteiger partial charge in [-0.2, -0.15) is 0 Å². The number of methoxy groups -OCH3 is 1. The summed E-state index contributed by atoms with van der Waals surface area (Å²) in [6.07, 6.45) is 2.02. The Labute approximate surface area is 130 Å². The number of benzene rings is 1. The molecule has 0 radical (unpaired) electrons. The fourth-order valence-electron chi connectivity index (χ4n) is 2.13. The summed E-state index contributed by atoms with van der Waals surface area (Å²) in [7, 11) is -2.35. The van der Waals surface area contributed by atoms with Crippen molar-refractivity contribution in [2.75, 3.05) is 20.2 Å². The third-order valence-electron chi connectivity index (χ3n) is 3.25. The van der Waals surface area contributed by atoms with Crippen molar-refractivity contribution in [3.8, 4) is 0 Å². The Bertz CT molecular complexity index is 586. The van der Waals surface area contributed by atoms with E-state index in [-0.39, 0.29) is 28.9 Å². The number of ether oxygens (including phenoxy) is 1. The number of carbonyl (C=O) groups is 1. The minimum atomic E-state index is -3.61. The van der Waals surface area contributed by atoms with Crippen LogP contribution in [0, 0.1) is 0 Å². The van der Waals surface area contributed by atoms with Gasteiger partial charge in [0.05, 0.1) is 17.6 Å². The summed E-state index contributed by atoms with van der Waals surface area (Å²) in [5.74, 6) is -0.556. The second kappa shape index (κ2) is 7.74. The van der Waals surface area contributed by atoms with Crippen LogP contribution >= 0.6 is 12.4 Å². The van der Waals surface area contributed by atoms with E-state index in [9.17, 15) is 13.2 Å². The molecule has 1 aromatic carbocycles. The Morgan fingerprint density at radius 1 is 1.48 bits per heavy atom. The predicted molar refractivity (Wildman–Crippen MR) is 81.2 cm³/mol. The van der Waals surface area contributed by atoms with Gasteiger partial charge in [-0.05, 0) is 37.6 Å². The molecule has 1 aliphatic rings. The van der Waals surface area contributed by atoms with Crippen molar-refractivity contribution in [2.24, 2.45) is 0 Å². The maximum Gasteiger partial charge on any atom is 0.337 e. The molecule has 0 amide bonds. The van der Waals surface area contributed by atoms with Crippen LogP contribution in [0.4, 0.5) is 0 Å². The predicted octanol–water partition coefficient (Wildman–Crippen LogP) is 0.925. The molecule has 2 rings (SSSR count). The highest BCUT2D eigenvalue weighted by Gasteiger charge is 2.20. The molecular formula is C13H19ClN2O4S. The van der Waals surface area contributed by atoms with Crippen LogP contribution in [0.25, 0.3) is 0 Å². The van der Waals surface area contributed by atoms with Gasteiger partial charge in [0, 0.05) is 12.6 Å². The maximum absolute atomic E-state index is 12.2. The van der Waals surface area contributed by atoms with Gasteiger partial charge in [-0.25, -0.2) is 17.9 Å². The molecule has 118 valence electrons. The minimum absolute atomic E-state index is 0. The second-order valence-corrected chi connectivity index (χ2v) is 6.43. The van der Waals surface area contributed by atoms with E-state index in [2.05, 4.69) is 14.8 Å². The summed E-state index contributed by atoms with van der Waals surface area (Å²) in [5, 5.41) is 3.22. The summed E-state index contributed by atoms with van der Waals surface area (Å²) >= 11 is 0. The van der Waals surface area contributed by atoms with E-state index in [1.807, 2.05) is 0 Å². The first-order chi connectivity index (χ1) is 9.53. The normalized spacial score (nSPS) is 18.0. The van der Waals surface area contributed by atoms with Gasteiger partial charge >= 0.3 is 5.97 Å². The van der Waals surface area contributed by atoms with Gasteiger partial charge in [0.25, 0.3) is 0 Å². The van der Waals surface area contributed by atoms with Crippen LogP contribution < -0.4 is 10.0 Å². The van der Waals surface area contributed by atoms with Gasteiger partial charge in [-0.3, -0.25) is 0 Å². The van der Waals surface area contributed by atoms with Gasteiger partial charge < -0.3 is 10.1 Å². The van der Waals surface area contributed by atoms with Gasteiger partial charge in [-0.1, -0.05) is 6.07 Å². The number of hydrogen-bond acceptors (Lipinski definition) is 5. The van der Waals surface area contributed by atoms with E-state index < -0.39 is 16.0 Å². The smallest absolute Gasteiger partial charge is 0.337 e. The van der Waals surface area contributed by atoms with Crippen LogP contribution in [0.2, 0.25) is 0 Å². The molecule has 8 heteroatoms. The number of carbonyl (C=O) groups excluding carboxylic acids is 1.